The molecule has 0 saturated carbocycles. The molecule has 2 heterocycles. The van der Waals surface area contributed by atoms with Gasteiger partial charge >= 0.3 is 5.63 Å². The van der Waals surface area contributed by atoms with Crippen molar-refractivity contribution in [3.8, 4) is 5.75 Å². The monoisotopic (exact) mass is 398 g/mol. The molecular weight excluding hydrogens is 376 g/mol. The summed E-state index contributed by atoms with van der Waals surface area (Å²) in [7, 11) is 3.28. The highest BCUT2D eigenvalue weighted by Crippen LogP contribution is 2.15. The zero-order chi connectivity index (χ0) is 20.1. The van der Waals surface area contributed by atoms with Crippen LogP contribution in [0.2, 0.25) is 0 Å². The molecule has 0 atom stereocenters. The number of rotatable bonds is 7. The van der Waals surface area contributed by atoms with E-state index < -0.39 is 5.63 Å². The van der Waals surface area contributed by atoms with Gasteiger partial charge < -0.3 is 14.1 Å². The standard InChI is InChI=1S/C21H22N2O4S/c1-14-10-18(9-6-15-4-7-17(26-3)8-5-15)27-21(25)19(14)20(24)23(2)11-16-12-28-13-22-16/h4-5,7-8,10,12-13H,6,9,11H2,1-3H3. The normalized spacial score (nSPS) is 10.7. The molecule has 0 bridgehead atoms. The van der Waals surface area contributed by atoms with Crippen LogP contribution in [-0.4, -0.2) is 29.9 Å². The van der Waals surface area contributed by atoms with Crippen molar-refractivity contribution in [2.24, 2.45) is 0 Å². The van der Waals surface area contributed by atoms with Crippen molar-refractivity contribution in [1.82, 2.24) is 9.88 Å². The SMILES string of the molecule is COc1ccc(CCc2cc(C)c(C(=O)N(C)Cc3cscn3)c(=O)o2)cc1. The van der Waals surface area contributed by atoms with E-state index >= 15 is 0 Å². The second kappa shape index (κ2) is 8.84. The van der Waals surface area contributed by atoms with E-state index in [1.54, 1.807) is 32.7 Å². The fourth-order valence-corrected chi connectivity index (χ4v) is 3.48. The fraction of sp³-hybridized carbons (Fsp3) is 0.286. The predicted octanol–water partition coefficient (Wildman–Crippen LogP) is 3.47. The first-order chi connectivity index (χ1) is 13.5. The van der Waals surface area contributed by atoms with Gasteiger partial charge in [0.05, 0.1) is 24.9 Å². The van der Waals surface area contributed by atoms with Crippen molar-refractivity contribution in [3.05, 3.63) is 79.8 Å². The smallest absolute Gasteiger partial charge is 0.349 e. The minimum Gasteiger partial charge on any atom is -0.497 e. The van der Waals surface area contributed by atoms with Crippen LogP contribution in [0.3, 0.4) is 0 Å². The van der Waals surface area contributed by atoms with Gasteiger partial charge in [-0.25, -0.2) is 9.78 Å². The first kappa shape index (κ1) is 19.8. The van der Waals surface area contributed by atoms with Crippen LogP contribution in [0.25, 0.3) is 0 Å². The molecule has 28 heavy (non-hydrogen) atoms. The summed E-state index contributed by atoms with van der Waals surface area (Å²) < 4.78 is 10.6. The molecule has 0 radical (unpaired) electrons. The highest BCUT2D eigenvalue weighted by Gasteiger charge is 2.21. The van der Waals surface area contributed by atoms with Gasteiger partial charge in [-0.2, -0.15) is 0 Å². The number of nitrogens with zero attached hydrogens (tertiary/aromatic N) is 2. The molecule has 7 heteroatoms. The van der Waals surface area contributed by atoms with Gasteiger partial charge in [-0.3, -0.25) is 4.79 Å². The summed E-state index contributed by atoms with van der Waals surface area (Å²) in [4.78, 5) is 30.8. The van der Waals surface area contributed by atoms with Crippen LogP contribution in [0.1, 0.15) is 32.9 Å². The molecule has 3 rings (SSSR count). The van der Waals surface area contributed by atoms with Crippen molar-refractivity contribution in [3.63, 3.8) is 0 Å². The van der Waals surface area contributed by atoms with Crippen LogP contribution in [0.4, 0.5) is 0 Å². The van der Waals surface area contributed by atoms with E-state index in [0.29, 0.717) is 24.3 Å². The Kier molecular flexibility index (Phi) is 6.26. The quantitative estimate of drug-likeness (QED) is 0.609. The molecule has 0 aliphatic carbocycles. The second-order valence-electron chi connectivity index (χ2n) is 6.55. The Hall–Kier alpha value is -2.93. The number of thiazole rings is 1. The topological polar surface area (TPSA) is 72.6 Å². The molecule has 0 spiro atoms. The van der Waals surface area contributed by atoms with Gasteiger partial charge in [0.25, 0.3) is 5.91 Å². The van der Waals surface area contributed by atoms with E-state index in [9.17, 15) is 9.59 Å². The maximum absolute atomic E-state index is 12.7. The third-order valence-corrected chi connectivity index (χ3v) is 5.10. The van der Waals surface area contributed by atoms with Gasteiger partial charge in [0, 0.05) is 18.8 Å². The lowest BCUT2D eigenvalue weighted by molar-refractivity contribution is 0.0778. The van der Waals surface area contributed by atoms with Gasteiger partial charge in [0.1, 0.15) is 17.1 Å². The van der Waals surface area contributed by atoms with E-state index in [0.717, 1.165) is 23.4 Å². The molecule has 0 unspecified atom stereocenters. The Bertz CT molecular complexity index is 994. The van der Waals surface area contributed by atoms with Gasteiger partial charge in [-0.15, -0.1) is 11.3 Å². The maximum Gasteiger partial charge on any atom is 0.349 e. The molecule has 0 saturated heterocycles. The van der Waals surface area contributed by atoms with E-state index in [2.05, 4.69) is 4.98 Å². The van der Waals surface area contributed by atoms with Crippen LogP contribution in [-0.2, 0) is 19.4 Å². The average Bonchev–Trinajstić information content (AvgIpc) is 3.19. The lowest BCUT2D eigenvalue weighted by Gasteiger charge is -2.16. The van der Waals surface area contributed by atoms with Gasteiger partial charge in [0.2, 0.25) is 0 Å². The molecule has 6 nitrogen and oxygen atoms in total. The van der Waals surface area contributed by atoms with Crippen molar-refractivity contribution in [2.75, 3.05) is 14.2 Å². The largest absolute Gasteiger partial charge is 0.497 e. The number of aromatic nitrogens is 1. The molecule has 146 valence electrons. The third kappa shape index (κ3) is 4.67. The molecule has 2 aromatic heterocycles. The lowest BCUT2D eigenvalue weighted by atomic mass is 10.1. The van der Waals surface area contributed by atoms with Crippen molar-refractivity contribution in [1.29, 1.82) is 0 Å². The van der Waals surface area contributed by atoms with Crippen LogP contribution in [0.15, 0.2) is 50.4 Å². The van der Waals surface area contributed by atoms with Crippen LogP contribution < -0.4 is 10.4 Å². The number of aryl methyl sites for hydroxylation is 3. The van der Waals surface area contributed by atoms with Crippen LogP contribution in [0.5, 0.6) is 5.75 Å². The Morgan fingerprint density at radius 1 is 1.25 bits per heavy atom. The van der Waals surface area contributed by atoms with Gasteiger partial charge in [-0.05, 0) is 42.7 Å². The highest BCUT2D eigenvalue weighted by atomic mass is 32.1. The number of amides is 1. The molecule has 0 fully saturated rings. The van der Waals surface area contributed by atoms with Gasteiger partial charge in [-0.1, -0.05) is 12.1 Å². The molecule has 1 aromatic carbocycles. The number of methoxy groups -OCH3 is 1. The zero-order valence-electron chi connectivity index (χ0n) is 16.1. The Morgan fingerprint density at radius 2 is 2.00 bits per heavy atom. The van der Waals surface area contributed by atoms with E-state index in [1.165, 1.54) is 16.2 Å². The van der Waals surface area contributed by atoms with Crippen molar-refractivity contribution in [2.45, 2.75) is 26.3 Å². The number of hydrogen-bond acceptors (Lipinski definition) is 6. The minimum atomic E-state index is -0.597. The Labute approximate surface area is 167 Å². The Balaban J connectivity index is 1.71. The average molecular weight is 398 g/mol. The van der Waals surface area contributed by atoms with Crippen molar-refractivity contribution < 1.29 is 13.9 Å². The molecule has 0 N–H and O–H groups in total. The van der Waals surface area contributed by atoms with Crippen LogP contribution >= 0.6 is 11.3 Å². The second-order valence-corrected chi connectivity index (χ2v) is 7.27. The number of carbonyl (C=O) groups excluding carboxylic acids is 1. The molecule has 0 aliphatic heterocycles. The summed E-state index contributed by atoms with van der Waals surface area (Å²) in [5, 5.41) is 1.88. The van der Waals surface area contributed by atoms with Crippen LogP contribution in [0, 0.1) is 6.92 Å². The maximum atomic E-state index is 12.7. The molecule has 0 aliphatic rings. The fourth-order valence-electron chi connectivity index (χ4n) is 2.93. The third-order valence-electron chi connectivity index (χ3n) is 4.46. The number of ether oxygens (including phenoxy) is 1. The molecule has 3 aromatic rings. The lowest BCUT2D eigenvalue weighted by Crippen LogP contribution is -2.31. The van der Waals surface area contributed by atoms with E-state index in [4.69, 9.17) is 9.15 Å². The number of hydrogen-bond donors (Lipinski definition) is 0. The number of benzene rings is 1. The molecule has 1 amide bonds. The molecular formula is C21H22N2O4S. The first-order valence-electron chi connectivity index (χ1n) is 8.87. The summed E-state index contributed by atoms with van der Waals surface area (Å²) in [6, 6.07) is 9.53. The summed E-state index contributed by atoms with van der Waals surface area (Å²) in [6.45, 7) is 2.11. The summed E-state index contributed by atoms with van der Waals surface area (Å²) in [5.74, 6) is 1.01. The summed E-state index contributed by atoms with van der Waals surface area (Å²) in [6.07, 6.45) is 1.30. The van der Waals surface area contributed by atoms with Crippen molar-refractivity contribution >= 4 is 17.2 Å². The highest BCUT2D eigenvalue weighted by molar-refractivity contribution is 7.07. The Morgan fingerprint density at radius 3 is 2.61 bits per heavy atom. The summed E-state index contributed by atoms with van der Waals surface area (Å²) in [5.41, 5.74) is 3.72. The predicted molar refractivity (Wildman–Crippen MR) is 108 cm³/mol. The van der Waals surface area contributed by atoms with E-state index in [1.807, 2.05) is 29.6 Å². The zero-order valence-corrected chi connectivity index (χ0v) is 16.9. The first-order valence-corrected chi connectivity index (χ1v) is 9.81. The van der Waals surface area contributed by atoms with Gasteiger partial charge in [0.15, 0.2) is 0 Å². The number of carbonyl (C=O) groups is 1. The summed E-state index contributed by atoms with van der Waals surface area (Å²) >= 11 is 1.47. The minimum absolute atomic E-state index is 0.0749. The van der Waals surface area contributed by atoms with E-state index in [-0.39, 0.29) is 11.5 Å².